The van der Waals surface area contributed by atoms with Crippen molar-refractivity contribution < 1.29 is 13.2 Å². The zero-order valence-corrected chi connectivity index (χ0v) is 16.8. The quantitative estimate of drug-likeness (QED) is 0.768. The Balaban J connectivity index is 1.66. The highest BCUT2D eigenvalue weighted by atomic mass is 79.9. The molecule has 5 nitrogen and oxygen atoms in total. The molecule has 0 atom stereocenters. The normalized spacial score (nSPS) is 15.9. The molecule has 134 valence electrons. The lowest BCUT2D eigenvalue weighted by Gasteiger charge is -2.25. The Bertz CT molecular complexity index is 858. The second-order valence-corrected chi connectivity index (χ2v) is 10.0. The van der Waals surface area contributed by atoms with E-state index in [1.54, 1.807) is 28.6 Å². The van der Waals surface area contributed by atoms with Gasteiger partial charge in [-0.15, -0.1) is 11.3 Å². The summed E-state index contributed by atoms with van der Waals surface area (Å²) < 4.78 is 27.9. The first-order valence-electron chi connectivity index (χ1n) is 8.10. The molecule has 0 radical (unpaired) electrons. The molecule has 0 aliphatic carbocycles. The van der Waals surface area contributed by atoms with Gasteiger partial charge in [0.15, 0.2) is 0 Å². The number of rotatable bonds is 5. The van der Waals surface area contributed by atoms with Gasteiger partial charge in [0, 0.05) is 22.4 Å². The van der Waals surface area contributed by atoms with Gasteiger partial charge in [0.1, 0.15) is 4.21 Å². The van der Waals surface area contributed by atoms with Crippen molar-refractivity contribution in [2.45, 2.75) is 30.0 Å². The van der Waals surface area contributed by atoms with E-state index in [0.29, 0.717) is 29.4 Å². The van der Waals surface area contributed by atoms with Gasteiger partial charge in [0.25, 0.3) is 15.9 Å². The van der Waals surface area contributed by atoms with E-state index < -0.39 is 10.0 Å². The average molecular weight is 443 g/mol. The molecule has 8 heteroatoms. The Morgan fingerprint density at radius 1 is 1.12 bits per heavy atom. The first kappa shape index (κ1) is 18.6. The number of sulfonamides is 1. The molecule has 3 rings (SSSR count). The van der Waals surface area contributed by atoms with Crippen molar-refractivity contribution in [2.24, 2.45) is 0 Å². The van der Waals surface area contributed by atoms with Crippen molar-refractivity contribution in [3.05, 3.63) is 51.3 Å². The lowest BCUT2D eigenvalue weighted by molar-refractivity contribution is 0.0950. The number of hydrogen-bond donors (Lipinski definition) is 1. The number of benzene rings is 1. The number of thiophene rings is 1. The highest BCUT2D eigenvalue weighted by molar-refractivity contribution is 9.10. The number of amides is 1. The fourth-order valence-corrected chi connectivity index (χ4v) is 6.16. The average Bonchev–Trinajstić information content (AvgIpc) is 3.11. The predicted octanol–water partition coefficient (Wildman–Crippen LogP) is 3.62. The van der Waals surface area contributed by atoms with Crippen LogP contribution in [0.3, 0.4) is 0 Å². The van der Waals surface area contributed by atoms with Gasteiger partial charge < -0.3 is 5.32 Å². The van der Waals surface area contributed by atoms with E-state index in [0.717, 1.165) is 28.6 Å². The number of nitrogens with one attached hydrogen (secondary N) is 1. The van der Waals surface area contributed by atoms with Gasteiger partial charge in [0.2, 0.25) is 0 Å². The summed E-state index contributed by atoms with van der Waals surface area (Å²) in [5.41, 5.74) is 0.556. The van der Waals surface area contributed by atoms with Crippen molar-refractivity contribution in [2.75, 3.05) is 13.1 Å². The van der Waals surface area contributed by atoms with Crippen LogP contribution in [0, 0.1) is 0 Å². The van der Waals surface area contributed by atoms with E-state index in [-0.39, 0.29) is 5.91 Å². The second-order valence-electron chi connectivity index (χ2n) is 5.85. The van der Waals surface area contributed by atoms with Crippen LogP contribution in [0.25, 0.3) is 0 Å². The molecule has 1 amide bonds. The monoisotopic (exact) mass is 442 g/mol. The molecule has 1 fully saturated rings. The number of halogens is 1. The maximum absolute atomic E-state index is 12.6. The Labute approximate surface area is 160 Å². The van der Waals surface area contributed by atoms with Crippen LogP contribution in [0.1, 0.15) is 34.5 Å². The Morgan fingerprint density at radius 2 is 1.84 bits per heavy atom. The van der Waals surface area contributed by atoms with E-state index in [2.05, 4.69) is 21.2 Å². The van der Waals surface area contributed by atoms with E-state index in [9.17, 15) is 13.2 Å². The van der Waals surface area contributed by atoms with Gasteiger partial charge in [-0.25, -0.2) is 8.42 Å². The van der Waals surface area contributed by atoms with Gasteiger partial charge in [-0.1, -0.05) is 18.6 Å². The lowest BCUT2D eigenvalue weighted by Crippen LogP contribution is -2.35. The van der Waals surface area contributed by atoms with Crippen LogP contribution in [0.15, 0.2) is 45.1 Å². The van der Waals surface area contributed by atoms with Gasteiger partial charge in [0.05, 0.1) is 12.1 Å². The molecule has 1 aliphatic heterocycles. The summed E-state index contributed by atoms with van der Waals surface area (Å²) in [6.45, 7) is 1.49. The molecule has 1 saturated heterocycles. The summed E-state index contributed by atoms with van der Waals surface area (Å²) in [6.07, 6.45) is 2.92. The Kier molecular flexibility index (Phi) is 5.93. The fourth-order valence-electron chi connectivity index (χ4n) is 2.73. The molecule has 0 spiro atoms. The van der Waals surface area contributed by atoms with E-state index in [4.69, 9.17) is 0 Å². The summed E-state index contributed by atoms with van der Waals surface area (Å²) >= 11 is 4.57. The van der Waals surface area contributed by atoms with Crippen molar-refractivity contribution in [1.82, 2.24) is 9.62 Å². The third kappa shape index (κ3) is 4.31. The summed E-state index contributed by atoms with van der Waals surface area (Å²) in [5, 5.41) is 2.83. The topological polar surface area (TPSA) is 66.5 Å². The second kappa shape index (κ2) is 7.99. The van der Waals surface area contributed by atoms with Gasteiger partial charge in [-0.2, -0.15) is 4.31 Å². The van der Waals surface area contributed by atoms with Crippen LogP contribution in [0.5, 0.6) is 0 Å². The summed E-state index contributed by atoms with van der Waals surface area (Å²) in [4.78, 5) is 13.0. The maximum atomic E-state index is 12.6. The van der Waals surface area contributed by atoms with Crippen LogP contribution in [0.2, 0.25) is 0 Å². The third-order valence-corrected chi connectivity index (χ3v) is 8.23. The predicted molar refractivity (Wildman–Crippen MR) is 102 cm³/mol. The lowest BCUT2D eigenvalue weighted by atomic mass is 10.2. The summed E-state index contributed by atoms with van der Waals surface area (Å²) in [5.74, 6) is -0.193. The van der Waals surface area contributed by atoms with Crippen LogP contribution in [-0.4, -0.2) is 31.7 Å². The number of carbonyl (C=O) groups is 1. The molecule has 0 saturated carbocycles. The largest absolute Gasteiger partial charge is 0.347 e. The standard InChI is InChI=1S/C17H19BrN2O3S2/c18-15-7-3-2-6-14(15)17(21)19-12-13-8-9-16(24-13)25(22,23)20-10-4-1-5-11-20/h2-3,6-9H,1,4-5,10-12H2,(H,19,21). The molecule has 0 bridgehead atoms. The third-order valence-electron chi connectivity index (χ3n) is 4.09. The molecule has 0 unspecified atom stereocenters. The van der Waals surface area contributed by atoms with E-state index in [1.807, 2.05) is 12.1 Å². The molecular weight excluding hydrogens is 424 g/mol. The number of hydrogen-bond acceptors (Lipinski definition) is 4. The van der Waals surface area contributed by atoms with Crippen LogP contribution >= 0.6 is 27.3 Å². The maximum Gasteiger partial charge on any atom is 0.252 e. The fraction of sp³-hybridized carbons (Fsp3) is 0.353. The van der Waals surface area contributed by atoms with Crippen molar-refractivity contribution in [3.63, 3.8) is 0 Å². The molecule has 2 aromatic rings. The molecule has 1 aliphatic rings. The number of carbonyl (C=O) groups excluding carboxylic acids is 1. The minimum Gasteiger partial charge on any atom is -0.347 e. The van der Waals surface area contributed by atoms with E-state index in [1.165, 1.54) is 11.3 Å². The van der Waals surface area contributed by atoms with Crippen molar-refractivity contribution in [1.29, 1.82) is 0 Å². The van der Waals surface area contributed by atoms with Crippen molar-refractivity contribution >= 4 is 43.2 Å². The van der Waals surface area contributed by atoms with E-state index >= 15 is 0 Å². The number of piperidine rings is 1. The molecule has 1 aromatic heterocycles. The zero-order valence-electron chi connectivity index (χ0n) is 13.6. The summed E-state index contributed by atoms with van der Waals surface area (Å²) in [6, 6.07) is 10.6. The first-order valence-corrected chi connectivity index (χ1v) is 11.1. The molecule has 2 heterocycles. The van der Waals surface area contributed by atoms with Gasteiger partial charge in [-0.05, 0) is 53.0 Å². The molecular formula is C17H19BrN2O3S2. The van der Waals surface area contributed by atoms with Crippen LogP contribution in [0.4, 0.5) is 0 Å². The first-order chi connectivity index (χ1) is 12.0. The Morgan fingerprint density at radius 3 is 2.56 bits per heavy atom. The Hall–Kier alpha value is -1.22. The smallest absolute Gasteiger partial charge is 0.252 e. The zero-order chi connectivity index (χ0) is 17.9. The van der Waals surface area contributed by atoms with Gasteiger partial charge >= 0.3 is 0 Å². The van der Waals surface area contributed by atoms with Gasteiger partial charge in [-0.3, -0.25) is 4.79 Å². The minimum atomic E-state index is -3.41. The van der Waals surface area contributed by atoms with Crippen LogP contribution in [-0.2, 0) is 16.6 Å². The highest BCUT2D eigenvalue weighted by Crippen LogP contribution is 2.27. The van der Waals surface area contributed by atoms with Crippen molar-refractivity contribution in [3.8, 4) is 0 Å². The molecule has 1 aromatic carbocycles. The van der Waals surface area contributed by atoms with Crippen LogP contribution < -0.4 is 5.32 Å². The minimum absolute atomic E-state index is 0.193. The molecule has 25 heavy (non-hydrogen) atoms. The summed E-state index contributed by atoms with van der Waals surface area (Å²) in [7, 11) is -3.41. The highest BCUT2D eigenvalue weighted by Gasteiger charge is 2.27. The number of nitrogens with zero attached hydrogens (tertiary/aromatic N) is 1. The molecule has 1 N–H and O–H groups in total. The SMILES string of the molecule is O=C(NCc1ccc(S(=O)(=O)N2CCCCC2)s1)c1ccccc1Br.